The van der Waals surface area contributed by atoms with Crippen molar-refractivity contribution in [3.63, 3.8) is 0 Å². The molecule has 0 spiro atoms. The van der Waals surface area contributed by atoms with E-state index in [4.69, 9.17) is 0 Å². The molecule has 1 rings (SSSR count). The molecule has 96 valence electrons. The fraction of sp³-hybridized carbons (Fsp3) is 0.917. The van der Waals surface area contributed by atoms with Gasteiger partial charge in [0.15, 0.2) is 0 Å². The van der Waals surface area contributed by atoms with Crippen LogP contribution in [0.2, 0.25) is 0 Å². The number of halogens is 1. The molecule has 0 bridgehead atoms. The first kappa shape index (κ1) is 15.7. The van der Waals surface area contributed by atoms with Gasteiger partial charge in [-0.25, -0.2) is 0 Å². The third-order valence-electron chi connectivity index (χ3n) is 3.13. The normalized spacial score (nSPS) is 24.6. The van der Waals surface area contributed by atoms with Gasteiger partial charge in [-0.3, -0.25) is 4.79 Å². The molecule has 2 atom stereocenters. The lowest BCUT2D eigenvalue weighted by atomic mass is 9.87. The van der Waals surface area contributed by atoms with Gasteiger partial charge in [0.2, 0.25) is 5.91 Å². The Morgan fingerprint density at radius 2 is 2.12 bits per heavy atom. The molecule has 0 aromatic rings. The Balaban J connectivity index is 0.00000225. The van der Waals surface area contributed by atoms with E-state index >= 15 is 0 Å². The average Bonchev–Trinajstić information content (AvgIpc) is 2.18. The molecule has 0 aliphatic heterocycles. The highest BCUT2D eigenvalue weighted by Crippen LogP contribution is 2.23. The maximum Gasteiger partial charge on any atom is 0.220 e. The van der Waals surface area contributed by atoms with Gasteiger partial charge in [-0.05, 0) is 38.8 Å². The summed E-state index contributed by atoms with van der Waals surface area (Å²) in [5.41, 5.74) is 0. The van der Waals surface area contributed by atoms with Crippen LogP contribution in [0, 0.1) is 5.92 Å². The SMILES string of the molecule is CNCCCC(=O)NC1CCCC(C)C1.Cl. The Hall–Kier alpha value is -0.280. The zero-order chi connectivity index (χ0) is 11.1. The lowest BCUT2D eigenvalue weighted by Crippen LogP contribution is -2.38. The minimum atomic E-state index is 0. The van der Waals surface area contributed by atoms with E-state index in [0.717, 1.165) is 25.3 Å². The second kappa shape index (κ2) is 8.82. The van der Waals surface area contributed by atoms with Gasteiger partial charge >= 0.3 is 0 Å². The summed E-state index contributed by atoms with van der Waals surface area (Å²) in [6.45, 7) is 3.20. The van der Waals surface area contributed by atoms with Gasteiger partial charge in [0.1, 0.15) is 0 Å². The number of hydrogen-bond donors (Lipinski definition) is 2. The van der Waals surface area contributed by atoms with Gasteiger partial charge in [-0.15, -0.1) is 12.4 Å². The predicted octanol–water partition coefficient (Wildman–Crippen LogP) is 2.10. The smallest absolute Gasteiger partial charge is 0.220 e. The van der Waals surface area contributed by atoms with Crippen molar-refractivity contribution in [1.29, 1.82) is 0 Å². The summed E-state index contributed by atoms with van der Waals surface area (Å²) in [5, 5.41) is 6.20. The minimum Gasteiger partial charge on any atom is -0.353 e. The molecular formula is C12H25ClN2O. The van der Waals surface area contributed by atoms with E-state index in [1.165, 1.54) is 19.3 Å². The van der Waals surface area contributed by atoms with Gasteiger partial charge in [0.05, 0.1) is 0 Å². The van der Waals surface area contributed by atoms with Crippen LogP contribution < -0.4 is 10.6 Å². The highest BCUT2D eigenvalue weighted by atomic mass is 35.5. The lowest BCUT2D eigenvalue weighted by molar-refractivity contribution is -0.122. The Morgan fingerprint density at radius 3 is 2.75 bits per heavy atom. The molecule has 1 amide bonds. The largest absolute Gasteiger partial charge is 0.353 e. The molecule has 1 aliphatic rings. The van der Waals surface area contributed by atoms with Crippen LogP contribution in [0.5, 0.6) is 0 Å². The first-order valence-electron chi connectivity index (χ1n) is 6.16. The standard InChI is InChI=1S/C12H24N2O.ClH/c1-10-5-3-6-11(9-10)14-12(15)7-4-8-13-2;/h10-11,13H,3-9H2,1-2H3,(H,14,15);1H. The van der Waals surface area contributed by atoms with Gasteiger partial charge in [-0.2, -0.15) is 0 Å². The van der Waals surface area contributed by atoms with Crippen molar-refractivity contribution in [3.8, 4) is 0 Å². The Labute approximate surface area is 105 Å². The molecule has 1 fully saturated rings. The van der Waals surface area contributed by atoms with Crippen LogP contribution in [-0.4, -0.2) is 25.5 Å². The van der Waals surface area contributed by atoms with Crippen LogP contribution in [0.3, 0.4) is 0 Å². The van der Waals surface area contributed by atoms with Crippen LogP contribution in [-0.2, 0) is 4.79 Å². The lowest BCUT2D eigenvalue weighted by Gasteiger charge is -2.27. The fourth-order valence-electron chi connectivity index (χ4n) is 2.29. The first-order valence-corrected chi connectivity index (χ1v) is 6.16. The van der Waals surface area contributed by atoms with Crippen molar-refractivity contribution in [1.82, 2.24) is 10.6 Å². The summed E-state index contributed by atoms with van der Waals surface area (Å²) >= 11 is 0. The second-order valence-electron chi connectivity index (χ2n) is 4.74. The molecule has 0 heterocycles. The molecule has 3 nitrogen and oxygen atoms in total. The quantitative estimate of drug-likeness (QED) is 0.732. The van der Waals surface area contributed by atoms with E-state index < -0.39 is 0 Å². The van der Waals surface area contributed by atoms with E-state index in [-0.39, 0.29) is 18.3 Å². The van der Waals surface area contributed by atoms with E-state index in [1.54, 1.807) is 0 Å². The zero-order valence-electron chi connectivity index (χ0n) is 10.4. The molecule has 2 unspecified atom stereocenters. The van der Waals surface area contributed by atoms with Crippen molar-refractivity contribution in [2.24, 2.45) is 5.92 Å². The molecule has 16 heavy (non-hydrogen) atoms. The number of amides is 1. The van der Waals surface area contributed by atoms with Crippen molar-refractivity contribution in [2.45, 2.75) is 51.5 Å². The number of carbonyl (C=O) groups is 1. The number of rotatable bonds is 5. The van der Waals surface area contributed by atoms with Crippen molar-refractivity contribution < 1.29 is 4.79 Å². The molecule has 1 saturated carbocycles. The monoisotopic (exact) mass is 248 g/mol. The zero-order valence-corrected chi connectivity index (χ0v) is 11.2. The van der Waals surface area contributed by atoms with Crippen molar-refractivity contribution in [2.75, 3.05) is 13.6 Å². The predicted molar refractivity (Wildman–Crippen MR) is 70.0 cm³/mol. The Kier molecular flexibility index (Phi) is 8.67. The molecule has 0 radical (unpaired) electrons. The fourth-order valence-corrected chi connectivity index (χ4v) is 2.29. The first-order chi connectivity index (χ1) is 7.22. The highest BCUT2D eigenvalue weighted by molar-refractivity contribution is 5.85. The highest BCUT2D eigenvalue weighted by Gasteiger charge is 2.19. The summed E-state index contributed by atoms with van der Waals surface area (Å²) in [6.07, 6.45) is 6.52. The molecule has 0 saturated heterocycles. The van der Waals surface area contributed by atoms with Gasteiger partial charge in [0, 0.05) is 12.5 Å². The third-order valence-corrected chi connectivity index (χ3v) is 3.13. The Bertz CT molecular complexity index is 199. The minimum absolute atomic E-state index is 0. The number of nitrogens with one attached hydrogen (secondary N) is 2. The molecule has 4 heteroatoms. The maximum absolute atomic E-state index is 11.6. The molecule has 1 aliphatic carbocycles. The molecule has 0 aromatic carbocycles. The van der Waals surface area contributed by atoms with Crippen LogP contribution >= 0.6 is 12.4 Å². The molecule has 0 aromatic heterocycles. The summed E-state index contributed by atoms with van der Waals surface area (Å²) < 4.78 is 0. The van der Waals surface area contributed by atoms with Crippen LogP contribution in [0.4, 0.5) is 0 Å². The maximum atomic E-state index is 11.6. The van der Waals surface area contributed by atoms with Crippen LogP contribution in [0.1, 0.15) is 45.4 Å². The number of carbonyl (C=O) groups excluding carboxylic acids is 1. The summed E-state index contributed by atoms with van der Waals surface area (Å²) in [5.74, 6) is 1.01. The topological polar surface area (TPSA) is 41.1 Å². The van der Waals surface area contributed by atoms with Gasteiger partial charge in [0.25, 0.3) is 0 Å². The average molecular weight is 249 g/mol. The van der Waals surface area contributed by atoms with E-state index in [0.29, 0.717) is 12.5 Å². The third kappa shape index (κ3) is 6.33. The summed E-state index contributed by atoms with van der Waals surface area (Å²) in [6, 6.07) is 0.441. The second-order valence-corrected chi connectivity index (χ2v) is 4.74. The van der Waals surface area contributed by atoms with E-state index in [1.807, 2.05) is 7.05 Å². The van der Waals surface area contributed by atoms with Crippen LogP contribution in [0.25, 0.3) is 0 Å². The number of hydrogen-bond acceptors (Lipinski definition) is 2. The van der Waals surface area contributed by atoms with E-state index in [9.17, 15) is 4.79 Å². The van der Waals surface area contributed by atoms with Gasteiger partial charge < -0.3 is 10.6 Å². The molecule has 2 N–H and O–H groups in total. The summed E-state index contributed by atoms with van der Waals surface area (Å²) in [7, 11) is 1.92. The van der Waals surface area contributed by atoms with Crippen molar-refractivity contribution >= 4 is 18.3 Å². The van der Waals surface area contributed by atoms with Gasteiger partial charge in [-0.1, -0.05) is 19.8 Å². The molecular weight excluding hydrogens is 224 g/mol. The van der Waals surface area contributed by atoms with E-state index in [2.05, 4.69) is 17.6 Å². The summed E-state index contributed by atoms with van der Waals surface area (Å²) in [4.78, 5) is 11.6. The Morgan fingerprint density at radius 1 is 1.38 bits per heavy atom. The van der Waals surface area contributed by atoms with Crippen LogP contribution in [0.15, 0.2) is 0 Å². The van der Waals surface area contributed by atoms with Crippen molar-refractivity contribution in [3.05, 3.63) is 0 Å².